The van der Waals surface area contributed by atoms with Crippen LogP contribution in [0, 0.1) is 0 Å². The lowest BCUT2D eigenvalue weighted by Gasteiger charge is -2.26. The summed E-state index contributed by atoms with van der Waals surface area (Å²) in [7, 11) is 0. The number of fused-ring (bicyclic) bond motifs is 1. The Hall–Kier alpha value is -1.73. The molecule has 1 aromatic heterocycles. The molecular weight excluding hydrogens is 390 g/mol. The van der Waals surface area contributed by atoms with E-state index in [4.69, 9.17) is 4.98 Å². The highest BCUT2D eigenvalue weighted by Crippen LogP contribution is 2.29. The summed E-state index contributed by atoms with van der Waals surface area (Å²) in [4.78, 5) is 33.1. The van der Waals surface area contributed by atoms with Crippen LogP contribution in [0.5, 0.6) is 0 Å². The summed E-state index contributed by atoms with van der Waals surface area (Å²) in [6, 6.07) is 10.2. The quantitative estimate of drug-likeness (QED) is 0.536. The van der Waals surface area contributed by atoms with E-state index in [1.807, 2.05) is 23.1 Å². The van der Waals surface area contributed by atoms with Crippen molar-refractivity contribution in [2.45, 2.75) is 48.7 Å². The lowest BCUT2D eigenvalue weighted by Crippen LogP contribution is -2.37. The van der Waals surface area contributed by atoms with Crippen molar-refractivity contribution in [1.29, 1.82) is 0 Å². The van der Waals surface area contributed by atoms with Crippen LogP contribution in [0.3, 0.4) is 0 Å². The summed E-state index contributed by atoms with van der Waals surface area (Å²) < 4.78 is 1.78. The highest BCUT2D eigenvalue weighted by atomic mass is 32.2. The summed E-state index contributed by atoms with van der Waals surface area (Å²) in [5.41, 5.74) is 2.15. The number of carbonyl (C=O) groups is 1. The number of benzene rings is 1. The fraction of sp³-hybridized carbons (Fsp3) is 0.476. The van der Waals surface area contributed by atoms with Gasteiger partial charge in [-0.25, -0.2) is 4.98 Å². The van der Waals surface area contributed by atoms with Gasteiger partial charge in [0.2, 0.25) is 5.91 Å². The van der Waals surface area contributed by atoms with E-state index in [9.17, 15) is 9.59 Å². The van der Waals surface area contributed by atoms with Gasteiger partial charge in [0.05, 0.1) is 16.3 Å². The standard InChI is InChI=1S/C21H25N3O2S2/c25-18(23-11-5-2-6-12-23)15-28-21-22-17-10-14-27-19(17)20(26)24(21)13-9-16-7-3-1-4-8-16/h1,3-4,7-8H,2,5-6,9-15H2. The highest BCUT2D eigenvalue weighted by molar-refractivity contribution is 8.00. The number of piperidine rings is 1. The maximum Gasteiger partial charge on any atom is 0.268 e. The lowest BCUT2D eigenvalue weighted by atomic mass is 10.1. The topological polar surface area (TPSA) is 55.2 Å². The van der Waals surface area contributed by atoms with Crippen molar-refractivity contribution < 1.29 is 4.79 Å². The molecular formula is C21H25N3O2S2. The molecule has 0 N–H and O–H groups in total. The number of aryl methyl sites for hydroxylation is 2. The number of likely N-dealkylation sites (tertiary alicyclic amines) is 1. The Morgan fingerprint density at radius 1 is 1.14 bits per heavy atom. The van der Waals surface area contributed by atoms with Crippen molar-refractivity contribution in [2.24, 2.45) is 0 Å². The first kappa shape index (κ1) is 19.6. The van der Waals surface area contributed by atoms with Crippen LogP contribution in [0.15, 0.2) is 45.2 Å². The van der Waals surface area contributed by atoms with E-state index in [1.165, 1.54) is 23.7 Å². The fourth-order valence-corrected chi connectivity index (χ4v) is 5.66. The van der Waals surface area contributed by atoms with E-state index in [0.717, 1.165) is 55.1 Å². The van der Waals surface area contributed by atoms with E-state index < -0.39 is 0 Å². The average molecular weight is 416 g/mol. The van der Waals surface area contributed by atoms with Gasteiger partial charge in [-0.2, -0.15) is 0 Å². The predicted octanol–water partition coefficient (Wildman–Crippen LogP) is 3.24. The molecule has 1 amide bonds. The van der Waals surface area contributed by atoms with E-state index in [0.29, 0.717) is 17.5 Å². The number of thioether (sulfide) groups is 2. The maximum absolute atomic E-state index is 13.0. The van der Waals surface area contributed by atoms with Gasteiger partial charge in [-0.1, -0.05) is 42.1 Å². The van der Waals surface area contributed by atoms with E-state index in [1.54, 1.807) is 16.3 Å². The summed E-state index contributed by atoms with van der Waals surface area (Å²) in [5, 5.41) is 0.688. The largest absolute Gasteiger partial charge is 0.342 e. The fourth-order valence-electron chi connectivity index (χ4n) is 3.68. The molecule has 5 nitrogen and oxygen atoms in total. The third-order valence-electron chi connectivity index (χ3n) is 5.25. The van der Waals surface area contributed by atoms with Crippen molar-refractivity contribution >= 4 is 29.4 Å². The Morgan fingerprint density at radius 2 is 1.93 bits per heavy atom. The zero-order chi connectivity index (χ0) is 19.3. The summed E-state index contributed by atoms with van der Waals surface area (Å²) >= 11 is 3.02. The number of aromatic nitrogens is 2. The number of hydrogen-bond acceptors (Lipinski definition) is 5. The van der Waals surface area contributed by atoms with Crippen molar-refractivity contribution in [3.05, 3.63) is 51.9 Å². The number of amides is 1. The molecule has 4 rings (SSSR count). The van der Waals surface area contributed by atoms with Crippen molar-refractivity contribution in [1.82, 2.24) is 14.5 Å². The zero-order valence-corrected chi connectivity index (χ0v) is 17.6. The molecule has 0 saturated carbocycles. The van der Waals surface area contributed by atoms with E-state index >= 15 is 0 Å². The van der Waals surface area contributed by atoms with Gasteiger partial charge in [-0.3, -0.25) is 14.2 Å². The molecule has 0 aliphatic carbocycles. The molecule has 0 radical (unpaired) electrons. The van der Waals surface area contributed by atoms with Crippen LogP contribution in [0.25, 0.3) is 0 Å². The molecule has 3 heterocycles. The predicted molar refractivity (Wildman–Crippen MR) is 114 cm³/mol. The third-order valence-corrected chi connectivity index (χ3v) is 7.32. The minimum Gasteiger partial charge on any atom is -0.342 e. The molecule has 2 aromatic rings. The Bertz CT molecular complexity index is 893. The zero-order valence-electron chi connectivity index (χ0n) is 15.9. The molecule has 1 aromatic carbocycles. The van der Waals surface area contributed by atoms with Crippen LogP contribution in [0.1, 0.15) is 30.5 Å². The van der Waals surface area contributed by atoms with Crippen LogP contribution in [0.2, 0.25) is 0 Å². The number of carbonyl (C=O) groups excluding carboxylic acids is 1. The second kappa shape index (κ2) is 9.18. The van der Waals surface area contributed by atoms with Crippen LogP contribution in [-0.4, -0.2) is 45.0 Å². The molecule has 148 valence electrons. The van der Waals surface area contributed by atoms with Gasteiger partial charge in [-0.05, 0) is 31.2 Å². The van der Waals surface area contributed by atoms with Crippen molar-refractivity contribution in [3.8, 4) is 0 Å². The highest BCUT2D eigenvalue weighted by Gasteiger charge is 2.23. The minimum absolute atomic E-state index is 0.0522. The SMILES string of the molecule is O=C(CSc1nc2c(c(=O)n1CCc1ccccc1)SCC2)N1CCCCC1. The van der Waals surface area contributed by atoms with Gasteiger partial charge in [0.25, 0.3) is 5.56 Å². The normalized spacial score (nSPS) is 16.2. The lowest BCUT2D eigenvalue weighted by molar-refractivity contribution is -0.129. The van der Waals surface area contributed by atoms with Gasteiger partial charge >= 0.3 is 0 Å². The summed E-state index contributed by atoms with van der Waals surface area (Å²) in [6.45, 7) is 2.30. The molecule has 7 heteroatoms. The van der Waals surface area contributed by atoms with Crippen molar-refractivity contribution in [2.75, 3.05) is 24.6 Å². The average Bonchev–Trinajstić information content (AvgIpc) is 3.22. The molecule has 0 bridgehead atoms. The summed E-state index contributed by atoms with van der Waals surface area (Å²) in [5.74, 6) is 1.42. The van der Waals surface area contributed by atoms with Gasteiger partial charge in [0, 0.05) is 31.8 Å². The smallest absolute Gasteiger partial charge is 0.268 e. The molecule has 1 saturated heterocycles. The number of hydrogen-bond donors (Lipinski definition) is 0. The van der Waals surface area contributed by atoms with Crippen LogP contribution >= 0.6 is 23.5 Å². The van der Waals surface area contributed by atoms with Crippen LogP contribution in [-0.2, 0) is 24.2 Å². The Balaban J connectivity index is 1.52. The van der Waals surface area contributed by atoms with Crippen molar-refractivity contribution in [3.63, 3.8) is 0 Å². The molecule has 2 aliphatic rings. The molecule has 0 atom stereocenters. The first-order valence-corrected chi connectivity index (χ1v) is 11.9. The van der Waals surface area contributed by atoms with E-state index in [-0.39, 0.29) is 11.5 Å². The van der Waals surface area contributed by atoms with E-state index in [2.05, 4.69) is 12.1 Å². The monoisotopic (exact) mass is 415 g/mol. The first-order chi connectivity index (χ1) is 13.7. The van der Waals surface area contributed by atoms with Crippen LogP contribution < -0.4 is 5.56 Å². The Labute approximate surface area is 173 Å². The third kappa shape index (κ3) is 4.46. The molecule has 0 spiro atoms. The molecule has 1 fully saturated rings. The van der Waals surface area contributed by atoms with Gasteiger partial charge in [0.15, 0.2) is 5.16 Å². The maximum atomic E-state index is 13.0. The number of nitrogens with zero attached hydrogens (tertiary/aromatic N) is 3. The second-order valence-electron chi connectivity index (χ2n) is 7.19. The van der Waals surface area contributed by atoms with Gasteiger partial charge < -0.3 is 4.90 Å². The minimum atomic E-state index is 0.0522. The molecule has 28 heavy (non-hydrogen) atoms. The van der Waals surface area contributed by atoms with Gasteiger partial charge in [0.1, 0.15) is 0 Å². The van der Waals surface area contributed by atoms with Gasteiger partial charge in [-0.15, -0.1) is 11.8 Å². The molecule has 0 unspecified atom stereocenters. The first-order valence-electron chi connectivity index (χ1n) is 9.93. The van der Waals surface area contributed by atoms with Crippen LogP contribution in [0.4, 0.5) is 0 Å². The second-order valence-corrected chi connectivity index (χ2v) is 9.24. The number of rotatable bonds is 6. The Morgan fingerprint density at radius 3 is 2.71 bits per heavy atom. The molecule has 2 aliphatic heterocycles. The Kier molecular flexibility index (Phi) is 6.42. The summed E-state index contributed by atoms with van der Waals surface area (Å²) in [6.07, 6.45) is 5.00.